The summed E-state index contributed by atoms with van der Waals surface area (Å²) in [5.74, 6) is -1.60. The Labute approximate surface area is 168 Å². The SMILES string of the molecule is CC1=CC[C@H]2C(=O)N(c3ccccc3C(=O)Nc3ccccc3Cl)C(=O)[C@@H]2C1. The van der Waals surface area contributed by atoms with E-state index in [2.05, 4.69) is 5.32 Å². The van der Waals surface area contributed by atoms with Crippen LogP contribution in [0, 0.1) is 11.8 Å². The molecule has 0 bridgehead atoms. The van der Waals surface area contributed by atoms with Gasteiger partial charge in [0, 0.05) is 0 Å². The Morgan fingerprint density at radius 1 is 1.04 bits per heavy atom. The van der Waals surface area contributed by atoms with Gasteiger partial charge in [-0.25, -0.2) is 4.90 Å². The maximum Gasteiger partial charge on any atom is 0.257 e. The van der Waals surface area contributed by atoms with Crippen molar-refractivity contribution in [1.29, 1.82) is 0 Å². The lowest BCUT2D eigenvalue weighted by Gasteiger charge is -2.19. The first-order chi connectivity index (χ1) is 13.5. The van der Waals surface area contributed by atoms with Gasteiger partial charge in [0.2, 0.25) is 11.8 Å². The highest BCUT2D eigenvalue weighted by molar-refractivity contribution is 6.34. The molecule has 0 aromatic heterocycles. The number of carbonyl (C=O) groups excluding carboxylic acids is 3. The van der Waals surface area contributed by atoms with E-state index in [-0.39, 0.29) is 29.2 Å². The van der Waals surface area contributed by atoms with E-state index in [0.29, 0.717) is 29.2 Å². The standard InChI is InChI=1S/C22H19ClN2O3/c1-13-10-11-14-16(12-13)22(28)25(21(14)27)19-9-5-2-6-15(19)20(26)24-18-8-4-3-7-17(18)23/h2-10,14,16H,11-12H2,1H3,(H,24,26)/t14-,16-/m1/s1. The predicted molar refractivity (Wildman–Crippen MR) is 108 cm³/mol. The second kappa shape index (κ2) is 7.24. The maximum atomic E-state index is 13.0. The van der Waals surface area contributed by atoms with Gasteiger partial charge in [-0.1, -0.05) is 47.5 Å². The Balaban J connectivity index is 1.67. The van der Waals surface area contributed by atoms with E-state index in [0.717, 1.165) is 5.57 Å². The van der Waals surface area contributed by atoms with E-state index in [1.165, 1.54) is 4.90 Å². The van der Waals surface area contributed by atoms with Gasteiger partial charge in [-0.05, 0) is 44.0 Å². The van der Waals surface area contributed by atoms with Gasteiger partial charge in [-0.3, -0.25) is 14.4 Å². The summed E-state index contributed by atoms with van der Waals surface area (Å²) in [6.45, 7) is 1.97. The molecule has 1 N–H and O–H groups in total. The molecular formula is C22H19ClN2O3. The minimum atomic E-state index is -0.423. The zero-order chi connectivity index (χ0) is 19.8. The van der Waals surface area contributed by atoms with Gasteiger partial charge in [0.15, 0.2) is 0 Å². The van der Waals surface area contributed by atoms with Crippen LogP contribution in [0.25, 0.3) is 0 Å². The first kappa shape index (κ1) is 18.4. The number of imide groups is 1. The number of para-hydroxylation sites is 2. The number of hydrogen-bond donors (Lipinski definition) is 1. The fourth-order valence-electron chi connectivity index (χ4n) is 3.89. The predicted octanol–water partition coefficient (Wildman–Crippen LogP) is 4.44. The van der Waals surface area contributed by atoms with E-state index in [1.54, 1.807) is 48.5 Å². The third kappa shape index (κ3) is 3.12. The number of nitrogens with one attached hydrogen (secondary N) is 1. The Kier molecular flexibility index (Phi) is 4.77. The van der Waals surface area contributed by atoms with E-state index in [9.17, 15) is 14.4 Å². The number of anilines is 2. The van der Waals surface area contributed by atoms with Crippen LogP contribution in [0.5, 0.6) is 0 Å². The van der Waals surface area contributed by atoms with Crippen LogP contribution in [0.4, 0.5) is 11.4 Å². The van der Waals surface area contributed by atoms with Gasteiger partial charge in [0.1, 0.15) is 0 Å². The van der Waals surface area contributed by atoms with Gasteiger partial charge < -0.3 is 5.32 Å². The second-order valence-electron chi connectivity index (χ2n) is 7.17. The quantitative estimate of drug-likeness (QED) is 0.618. The van der Waals surface area contributed by atoms with Gasteiger partial charge in [-0.2, -0.15) is 0 Å². The molecule has 142 valence electrons. The van der Waals surface area contributed by atoms with Gasteiger partial charge in [-0.15, -0.1) is 0 Å². The maximum absolute atomic E-state index is 13.0. The van der Waals surface area contributed by atoms with Crippen molar-refractivity contribution in [3.05, 3.63) is 70.8 Å². The minimum Gasteiger partial charge on any atom is -0.321 e. The van der Waals surface area contributed by atoms with Crippen molar-refractivity contribution in [1.82, 2.24) is 0 Å². The zero-order valence-corrected chi connectivity index (χ0v) is 16.1. The van der Waals surface area contributed by atoms with E-state index < -0.39 is 5.91 Å². The smallest absolute Gasteiger partial charge is 0.257 e. The Bertz CT molecular complexity index is 1010. The van der Waals surface area contributed by atoms with Crippen molar-refractivity contribution in [2.24, 2.45) is 11.8 Å². The second-order valence-corrected chi connectivity index (χ2v) is 7.57. The molecule has 0 saturated carbocycles. The Hall–Kier alpha value is -2.92. The lowest BCUT2D eigenvalue weighted by molar-refractivity contribution is -0.122. The molecule has 2 atom stereocenters. The van der Waals surface area contributed by atoms with Crippen LogP contribution in [-0.2, 0) is 9.59 Å². The molecule has 3 amide bonds. The molecule has 1 aliphatic carbocycles. The average Bonchev–Trinajstić information content (AvgIpc) is 2.93. The number of benzene rings is 2. The highest BCUT2D eigenvalue weighted by atomic mass is 35.5. The summed E-state index contributed by atoms with van der Waals surface area (Å²) in [6, 6.07) is 13.6. The number of fused-ring (bicyclic) bond motifs is 1. The average molecular weight is 395 g/mol. The summed E-state index contributed by atoms with van der Waals surface area (Å²) in [4.78, 5) is 40.1. The molecule has 2 aromatic rings. The molecule has 2 aliphatic rings. The lowest BCUT2D eigenvalue weighted by Crippen LogP contribution is -2.33. The van der Waals surface area contributed by atoms with Crippen molar-refractivity contribution in [2.45, 2.75) is 19.8 Å². The fourth-order valence-corrected chi connectivity index (χ4v) is 4.07. The number of halogens is 1. The van der Waals surface area contributed by atoms with Gasteiger partial charge >= 0.3 is 0 Å². The van der Waals surface area contributed by atoms with Crippen molar-refractivity contribution >= 4 is 40.7 Å². The summed E-state index contributed by atoms with van der Waals surface area (Å²) >= 11 is 6.13. The number of amides is 3. The summed E-state index contributed by atoms with van der Waals surface area (Å²) in [6.07, 6.45) is 3.16. The number of hydrogen-bond acceptors (Lipinski definition) is 3. The van der Waals surface area contributed by atoms with Crippen molar-refractivity contribution in [3.8, 4) is 0 Å². The highest BCUT2D eigenvalue weighted by Gasteiger charge is 2.49. The molecule has 0 radical (unpaired) electrons. The molecule has 0 spiro atoms. The van der Waals surface area contributed by atoms with Crippen molar-refractivity contribution < 1.29 is 14.4 Å². The molecule has 0 unspecified atom stereocenters. The molecule has 4 rings (SSSR count). The highest BCUT2D eigenvalue weighted by Crippen LogP contribution is 2.40. The van der Waals surface area contributed by atoms with Crippen LogP contribution in [0.1, 0.15) is 30.1 Å². The fraction of sp³-hybridized carbons (Fsp3) is 0.227. The molecule has 6 heteroatoms. The Morgan fingerprint density at radius 3 is 2.50 bits per heavy atom. The van der Waals surface area contributed by atoms with Crippen LogP contribution in [0.15, 0.2) is 60.2 Å². The summed E-state index contributed by atoms with van der Waals surface area (Å²) < 4.78 is 0. The molecule has 5 nitrogen and oxygen atoms in total. The minimum absolute atomic E-state index is 0.236. The van der Waals surface area contributed by atoms with Crippen LogP contribution in [-0.4, -0.2) is 17.7 Å². The zero-order valence-electron chi connectivity index (χ0n) is 15.3. The van der Waals surface area contributed by atoms with E-state index >= 15 is 0 Å². The Morgan fingerprint density at radius 2 is 1.71 bits per heavy atom. The molecule has 1 saturated heterocycles. The first-order valence-electron chi connectivity index (χ1n) is 9.15. The largest absolute Gasteiger partial charge is 0.321 e. The summed E-state index contributed by atoms with van der Waals surface area (Å²) in [5, 5.41) is 3.17. The molecule has 1 heterocycles. The molecule has 2 aromatic carbocycles. The van der Waals surface area contributed by atoms with Crippen LogP contribution >= 0.6 is 11.6 Å². The monoisotopic (exact) mass is 394 g/mol. The summed E-state index contributed by atoms with van der Waals surface area (Å²) in [7, 11) is 0. The number of allylic oxidation sites excluding steroid dienone is 2. The van der Waals surface area contributed by atoms with Gasteiger partial charge in [0.05, 0.1) is 33.8 Å². The molecular weight excluding hydrogens is 376 g/mol. The van der Waals surface area contributed by atoms with E-state index in [4.69, 9.17) is 11.6 Å². The van der Waals surface area contributed by atoms with Crippen molar-refractivity contribution in [2.75, 3.05) is 10.2 Å². The van der Waals surface area contributed by atoms with Crippen LogP contribution in [0.3, 0.4) is 0 Å². The number of nitrogens with zero attached hydrogens (tertiary/aromatic N) is 1. The molecule has 28 heavy (non-hydrogen) atoms. The van der Waals surface area contributed by atoms with E-state index in [1.807, 2.05) is 13.0 Å². The molecule has 1 fully saturated rings. The number of rotatable bonds is 3. The lowest BCUT2D eigenvalue weighted by atomic mass is 9.82. The first-order valence-corrected chi connectivity index (χ1v) is 9.53. The number of carbonyl (C=O) groups is 3. The normalized spacial score (nSPS) is 21.4. The van der Waals surface area contributed by atoms with Crippen LogP contribution < -0.4 is 10.2 Å². The molecule has 1 aliphatic heterocycles. The van der Waals surface area contributed by atoms with Crippen LogP contribution in [0.2, 0.25) is 5.02 Å². The third-order valence-corrected chi connectivity index (χ3v) is 5.66. The summed E-state index contributed by atoms with van der Waals surface area (Å²) in [5.41, 5.74) is 2.16. The third-order valence-electron chi connectivity index (χ3n) is 5.33. The van der Waals surface area contributed by atoms with Crippen molar-refractivity contribution in [3.63, 3.8) is 0 Å². The van der Waals surface area contributed by atoms with Gasteiger partial charge in [0.25, 0.3) is 5.91 Å². The topological polar surface area (TPSA) is 66.5 Å².